The topological polar surface area (TPSA) is 191 Å². The van der Waals surface area contributed by atoms with Crippen molar-refractivity contribution in [3.63, 3.8) is 0 Å². The monoisotopic (exact) mass is 470 g/mol. The Kier molecular flexibility index (Phi) is 11.1. The Morgan fingerprint density at radius 3 is 1.91 bits per heavy atom. The Labute approximate surface area is 191 Å². The molecule has 0 aliphatic rings. The number of aliphatic hydroxyl groups is 2. The van der Waals surface area contributed by atoms with Gasteiger partial charge in [0, 0.05) is 5.75 Å². The number of amides is 3. The van der Waals surface area contributed by atoms with Gasteiger partial charge in [-0.2, -0.15) is 12.6 Å². The average Bonchev–Trinajstić information content (AvgIpc) is 2.73. The third kappa shape index (κ3) is 8.46. The number of aliphatic hydroxyl groups excluding tert-OH is 2. The smallest absolute Gasteiger partial charge is 0.328 e. The van der Waals surface area contributed by atoms with Crippen LogP contribution in [0.25, 0.3) is 0 Å². The standard InChI is InChI=1S/C20H30N4O7S/c1-10(25)15(19(29)24-16(11(2)26)20(30)31)23-18(28)14(9-32)22-17(27)13(21)8-12-6-4-3-5-7-12/h3-7,10-11,13-16,25-26,32H,8-9,21H2,1-2H3,(H,22,27)(H,23,28)(H,24,29)(H,30,31)/t10-,11-,13+,14+,15+,16+/m1/s1. The van der Waals surface area contributed by atoms with E-state index in [9.17, 15) is 29.4 Å². The maximum atomic E-state index is 12.6. The highest BCUT2D eigenvalue weighted by atomic mass is 32.1. The first-order valence-corrected chi connectivity index (χ1v) is 10.5. The van der Waals surface area contributed by atoms with Crippen LogP contribution in [0.3, 0.4) is 0 Å². The molecule has 0 saturated heterocycles. The molecule has 11 nitrogen and oxygen atoms in total. The number of nitrogens with one attached hydrogen (secondary N) is 3. The van der Waals surface area contributed by atoms with Gasteiger partial charge in [0.2, 0.25) is 17.7 Å². The molecule has 0 radical (unpaired) electrons. The van der Waals surface area contributed by atoms with Crippen LogP contribution in [0.4, 0.5) is 0 Å². The van der Waals surface area contributed by atoms with Gasteiger partial charge in [0.25, 0.3) is 0 Å². The molecule has 0 aliphatic carbocycles. The van der Waals surface area contributed by atoms with Crippen LogP contribution < -0.4 is 21.7 Å². The van der Waals surface area contributed by atoms with Gasteiger partial charge in [-0.3, -0.25) is 14.4 Å². The van der Waals surface area contributed by atoms with E-state index in [1.165, 1.54) is 13.8 Å². The number of carbonyl (C=O) groups is 4. The lowest BCUT2D eigenvalue weighted by Crippen LogP contribution is -2.61. The Balaban J connectivity index is 2.79. The van der Waals surface area contributed by atoms with Gasteiger partial charge in [-0.05, 0) is 25.8 Å². The van der Waals surface area contributed by atoms with Crippen LogP contribution >= 0.6 is 12.6 Å². The maximum Gasteiger partial charge on any atom is 0.328 e. The molecule has 1 aromatic carbocycles. The van der Waals surface area contributed by atoms with Crippen molar-refractivity contribution >= 4 is 36.3 Å². The van der Waals surface area contributed by atoms with Crippen molar-refractivity contribution in [2.24, 2.45) is 5.73 Å². The minimum Gasteiger partial charge on any atom is -0.480 e. The summed E-state index contributed by atoms with van der Waals surface area (Å²) in [7, 11) is 0. The highest BCUT2D eigenvalue weighted by Crippen LogP contribution is 2.04. The van der Waals surface area contributed by atoms with E-state index >= 15 is 0 Å². The highest BCUT2D eigenvalue weighted by molar-refractivity contribution is 7.80. The molecule has 0 saturated carbocycles. The summed E-state index contributed by atoms with van der Waals surface area (Å²) in [5.41, 5.74) is 6.74. The first kappa shape index (κ1) is 27.4. The fourth-order valence-corrected chi connectivity index (χ4v) is 2.98. The van der Waals surface area contributed by atoms with Crippen molar-refractivity contribution in [1.82, 2.24) is 16.0 Å². The molecule has 0 aliphatic heterocycles. The van der Waals surface area contributed by atoms with E-state index in [4.69, 9.17) is 10.8 Å². The summed E-state index contributed by atoms with van der Waals surface area (Å²) in [4.78, 5) is 48.6. The number of nitrogens with two attached hydrogens (primary N) is 1. The Morgan fingerprint density at radius 2 is 1.44 bits per heavy atom. The summed E-state index contributed by atoms with van der Waals surface area (Å²) < 4.78 is 0. The molecule has 178 valence electrons. The van der Waals surface area contributed by atoms with Crippen LogP contribution in [0, 0.1) is 0 Å². The van der Waals surface area contributed by atoms with E-state index in [1.807, 2.05) is 6.07 Å². The van der Waals surface area contributed by atoms with Crippen LogP contribution in [-0.2, 0) is 25.6 Å². The van der Waals surface area contributed by atoms with Crippen LogP contribution in [0.1, 0.15) is 19.4 Å². The number of aliphatic carboxylic acids is 1. The van der Waals surface area contributed by atoms with Gasteiger partial charge in [-0.1, -0.05) is 30.3 Å². The minimum atomic E-state index is -1.64. The summed E-state index contributed by atoms with van der Waals surface area (Å²) in [6.07, 6.45) is -2.58. The number of thiol groups is 1. The van der Waals surface area contributed by atoms with Crippen LogP contribution in [0.5, 0.6) is 0 Å². The molecule has 0 bridgehead atoms. The van der Waals surface area contributed by atoms with Crippen LogP contribution in [0.15, 0.2) is 30.3 Å². The Hall–Kier alpha value is -2.67. The van der Waals surface area contributed by atoms with E-state index in [0.717, 1.165) is 5.56 Å². The molecule has 0 aromatic heterocycles. The molecule has 0 unspecified atom stereocenters. The van der Waals surface area contributed by atoms with Gasteiger partial charge >= 0.3 is 5.97 Å². The number of rotatable bonds is 12. The molecule has 0 fully saturated rings. The van der Waals surface area contributed by atoms with E-state index in [1.54, 1.807) is 24.3 Å². The molecule has 32 heavy (non-hydrogen) atoms. The lowest BCUT2D eigenvalue weighted by atomic mass is 10.1. The molecule has 6 atom stereocenters. The molecular weight excluding hydrogens is 440 g/mol. The van der Waals surface area contributed by atoms with Crippen LogP contribution in [-0.4, -0.2) is 81.1 Å². The normalized spacial score (nSPS) is 16.6. The lowest BCUT2D eigenvalue weighted by molar-refractivity contribution is -0.146. The van der Waals surface area contributed by atoms with Crippen molar-refractivity contribution in [3.8, 4) is 0 Å². The second kappa shape index (κ2) is 13.0. The number of benzene rings is 1. The molecule has 1 aromatic rings. The molecule has 0 heterocycles. The largest absolute Gasteiger partial charge is 0.480 e. The second-order valence-corrected chi connectivity index (χ2v) is 7.70. The summed E-state index contributed by atoms with van der Waals surface area (Å²) in [6.45, 7) is 2.38. The predicted octanol–water partition coefficient (Wildman–Crippen LogP) is -2.21. The maximum absolute atomic E-state index is 12.6. The molecule has 3 amide bonds. The van der Waals surface area contributed by atoms with E-state index in [2.05, 4.69) is 28.6 Å². The Morgan fingerprint density at radius 1 is 0.906 bits per heavy atom. The molecule has 8 N–H and O–H groups in total. The van der Waals surface area contributed by atoms with Gasteiger partial charge in [0.05, 0.1) is 18.2 Å². The van der Waals surface area contributed by atoms with Crippen molar-refractivity contribution in [2.45, 2.75) is 56.6 Å². The summed E-state index contributed by atoms with van der Waals surface area (Å²) >= 11 is 4.04. The van der Waals surface area contributed by atoms with E-state index in [0.29, 0.717) is 0 Å². The lowest BCUT2D eigenvalue weighted by Gasteiger charge is -2.26. The van der Waals surface area contributed by atoms with Crippen LogP contribution in [0.2, 0.25) is 0 Å². The number of hydrogen-bond donors (Lipinski definition) is 8. The number of carboxylic acid groups (broad SMARTS) is 1. The van der Waals surface area contributed by atoms with Gasteiger partial charge in [-0.25, -0.2) is 4.79 Å². The zero-order chi connectivity index (χ0) is 24.4. The number of carboxylic acids is 1. The zero-order valence-electron chi connectivity index (χ0n) is 17.8. The van der Waals surface area contributed by atoms with Crippen molar-refractivity contribution in [2.75, 3.05) is 5.75 Å². The van der Waals surface area contributed by atoms with Crippen molar-refractivity contribution < 1.29 is 34.5 Å². The fraction of sp³-hybridized carbons (Fsp3) is 0.500. The Bertz CT molecular complexity index is 791. The summed E-state index contributed by atoms with van der Waals surface area (Å²) in [6, 6.07) is 3.75. The second-order valence-electron chi connectivity index (χ2n) is 7.33. The molecule has 0 spiro atoms. The number of carbonyl (C=O) groups excluding carboxylic acids is 3. The summed E-state index contributed by atoms with van der Waals surface area (Å²) in [5, 5.41) is 35.3. The van der Waals surface area contributed by atoms with Gasteiger partial charge in [0.1, 0.15) is 12.1 Å². The fourth-order valence-electron chi connectivity index (χ4n) is 2.72. The third-order valence-electron chi connectivity index (χ3n) is 4.56. The van der Waals surface area contributed by atoms with Crippen molar-refractivity contribution in [1.29, 1.82) is 0 Å². The average molecular weight is 471 g/mol. The third-order valence-corrected chi connectivity index (χ3v) is 4.92. The molecule has 1 rings (SSSR count). The molecular formula is C20H30N4O7S. The quantitative estimate of drug-likeness (QED) is 0.158. The molecule has 12 heteroatoms. The van der Waals surface area contributed by atoms with Gasteiger partial charge in [0.15, 0.2) is 6.04 Å². The highest BCUT2D eigenvalue weighted by Gasteiger charge is 2.33. The first-order valence-electron chi connectivity index (χ1n) is 9.88. The zero-order valence-corrected chi connectivity index (χ0v) is 18.7. The first-order chi connectivity index (χ1) is 15.0. The SMILES string of the molecule is C[C@@H](O)[C@H](NC(=O)[C@@H](NC(=O)[C@H](CS)NC(=O)[C@@H](N)Cc1ccccc1)[C@@H](C)O)C(=O)O. The minimum absolute atomic E-state index is 0.130. The van der Waals surface area contributed by atoms with Gasteiger partial charge in [-0.15, -0.1) is 0 Å². The van der Waals surface area contributed by atoms with E-state index in [-0.39, 0.29) is 12.2 Å². The van der Waals surface area contributed by atoms with E-state index < -0.39 is 60.1 Å². The van der Waals surface area contributed by atoms with Gasteiger partial charge < -0.3 is 37.0 Å². The predicted molar refractivity (Wildman–Crippen MR) is 119 cm³/mol. The summed E-state index contributed by atoms with van der Waals surface area (Å²) in [5.74, 6) is -4.08. The van der Waals surface area contributed by atoms with Crippen molar-refractivity contribution in [3.05, 3.63) is 35.9 Å². The number of hydrogen-bond acceptors (Lipinski definition) is 8.